The van der Waals surface area contributed by atoms with Crippen molar-refractivity contribution < 1.29 is 14.3 Å². The normalized spacial score (nSPS) is 34.0. The molecule has 4 heteroatoms. The molecule has 0 aromatic heterocycles. The molecule has 0 amide bonds. The summed E-state index contributed by atoms with van der Waals surface area (Å²) in [7, 11) is -2.82. The zero-order valence-electron chi connectivity index (χ0n) is 26.0. The van der Waals surface area contributed by atoms with E-state index >= 15 is 0 Å². The van der Waals surface area contributed by atoms with E-state index in [0.717, 1.165) is 37.7 Å². The van der Waals surface area contributed by atoms with Gasteiger partial charge in [-0.25, -0.2) is 0 Å². The molecular weight excluding hydrogens is 545 g/mol. The van der Waals surface area contributed by atoms with Crippen LogP contribution in [0.25, 0.3) is 0 Å². The van der Waals surface area contributed by atoms with E-state index in [0.29, 0.717) is 30.0 Å². The number of aliphatic hydroxyl groups is 1. The largest absolute Gasteiger partial charge is 0.401 e. The number of fused-ring (bicyclic) bond motifs is 5. The van der Waals surface area contributed by atoms with E-state index in [1.165, 1.54) is 27.6 Å². The van der Waals surface area contributed by atoms with Crippen LogP contribution in [-0.4, -0.2) is 31.9 Å². The predicted octanol–water partition coefficient (Wildman–Crippen LogP) is 6.18. The molecule has 4 aliphatic rings. The van der Waals surface area contributed by atoms with Crippen LogP contribution in [0.15, 0.2) is 102 Å². The van der Waals surface area contributed by atoms with E-state index in [1.54, 1.807) is 0 Å². The highest BCUT2D eigenvalue weighted by Gasteiger charge is 2.63. The van der Waals surface area contributed by atoms with Crippen molar-refractivity contribution in [2.45, 2.75) is 71.8 Å². The van der Waals surface area contributed by atoms with E-state index in [9.17, 15) is 9.90 Å². The number of hydrogen-bond donors (Lipinski definition) is 1. The van der Waals surface area contributed by atoms with Crippen LogP contribution in [0.1, 0.15) is 65.7 Å². The molecule has 0 heterocycles. The fourth-order valence-electron chi connectivity index (χ4n) is 10.5. The maximum Gasteiger partial charge on any atom is 0.288 e. The minimum atomic E-state index is -2.82. The van der Waals surface area contributed by atoms with Crippen molar-refractivity contribution in [2.75, 3.05) is 6.61 Å². The molecule has 1 N–H and O–H groups in total. The molecule has 0 saturated heterocycles. The molecule has 0 spiro atoms. The SMILES string of the molecule is CC1=C2CC[C@@H]3[C@@H](CC[C@]4(C)C(O[Si](c5ccccc5)(c5ccccc5)c5ccccc5)CC[C@@H]34)[C@@]2(CO)C(C)CC1=O. The van der Waals surface area contributed by atoms with Crippen LogP contribution in [-0.2, 0) is 9.22 Å². The molecule has 3 saturated carbocycles. The maximum absolute atomic E-state index is 12.9. The summed E-state index contributed by atoms with van der Waals surface area (Å²) in [5, 5.41) is 15.0. The van der Waals surface area contributed by atoms with Crippen LogP contribution in [0, 0.1) is 34.5 Å². The van der Waals surface area contributed by atoms with Crippen molar-refractivity contribution in [3.8, 4) is 0 Å². The Morgan fingerprint density at radius 1 is 0.814 bits per heavy atom. The minimum Gasteiger partial charge on any atom is -0.401 e. The first-order chi connectivity index (χ1) is 20.9. The molecule has 7 rings (SSSR count). The Bertz CT molecular complexity index is 1400. The van der Waals surface area contributed by atoms with Crippen molar-refractivity contribution in [1.82, 2.24) is 0 Å². The molecule has 0 bridgehead atoms. The Morgan fingerprint density at radius 3 is 1.91 bits per heavy atom. The average Bonchev–Trinajstić information content (AvgIpc) is 3.39. The number of benzene rings is 3. The number of carbonyl (C=O) groups is 1. The third kappa shape index (κ3) is 4.24. The zero-order valence-corrected chi connectivity index (χ0v) is 27.0. The zero-order chi connectivity index (χ0) is 29.8. The summed E-state index contributed by atoms with van der Waals surface area (Å²) >= 11 is 0. The van der Waals surface area contributed by atoms with Gasteiger partial charge in [-0.3, -0.25) is 4.79 Å². The van der Waals surface area contributed by atoms with Gasteiger partial charge in [-0.15, -0.1) is 0 Å². The number of ketones is 1. The van der Waals surface area contributed by atoms with E-state index < -0.39 is 8.32 Å². The summed E-state index contributed by atoms with van der Waals surface area (Å²) in [5.41, 5.74) is 2.09. The average molecular weight is 591 g/mol. The minimum absolute atomic E-state index is 0.0817. The van der Waals surface area contributed by atoms with Gasteiger partial charge >= 0.3 is 0 Å². The van der Waals surface area contributed by atoms with Crippen LogP contribution < -0.4 is 15.6 Å². The first-order valence-electron chi connectivity index (χ1n) is 16.5. The number of hydrogen-bond acceptors (Lipinski definition) is 3. The molecule has 7 atom stereocenters. The van der Waals surface area contributed by atoms with Crippen LogP contribution in [0.2, 0.25) is 0 Å². The molecule has 3 fully saturated rings. The summed E-state index contributed by atoms with van der Waals surface area (Å²) in [6.07, 6.45) is 7.30. The van der Waals surface area contributed by atoms with Gasteiger partial charge in [0.15, 0.2) is 5.78 Å². The number of carbonyl (C=O) groups excluding carboxylic acids is 1. The highest BCUT2D eigenvalue weighted by Crippen LogP contribution is 2.67. The fourth-order valence-corrected chi connectivity index (χ4v) is 14.7. The molecule has 2 unspecified atom stereocenters. The second kappa shape index (κ2) is 11.0. The lowest BCUT2D eigenvalue weighted by Crippen LogP contribution is -2.71. The van der Waals surface area contributed by atoms with Crippen molar-refractivity contribution in [1.29, 1.82) is 0 Å². The lowest BCUT2D eigenvalue weighted by atomic mass is 9.44. The van der Waals surface area contributed by atoms with E-state index in [4.69, 9.17) is 4.43 Å². The number of Topliss-reactive ketones (excluding diaryl/α,β-unsaturated/α-hetero) is 1. The first kappa shape index (κ1) is 28.9. The predicted molar refractivity (Wildman–Crippen MR) is 176 cm³/mol. The third-order valence-corrected chi connectivity index (χ3v) is 16.7. The lowest BCUT2D eigenvalue weighted by molar-refractivity contribution is -0.127. The monoisotopic (exact) mass is 590 g/mol. The second-order valence-electron chi connectivity index (χ2n) is 14.3. The van der Waals surface area contributed by atoms with Gasteiger partial charge in [0.05, 0.1) is 12.7 Å². The molecule has 224 valence electrons. The Balaban J connectivity index is 1.29. The van der Waals surface area contributed by atoms with Crippen LogP contribution in [0.5, 0.6) is 0 Å². The molecule has 4 aliphatic carbocycles. The topological polar surface area (TPSA) is 46.5 Å². The third-order valence-electron chi connectivity index (χ3n) is 12.7. The van der Waals surface area contributed by atoms with Gasteiger partial charge in [0.2, 0.25) is 0 Å². The van der Waals surface area contributed by atoms with E-state index in [2.05, 4.69) is 105 Å². The maximum atomic E-state index is 12.9. The van der Waals surface area contributed by atoms with E-state index in [1.807, 2.05) is 6.92 Å². The molecule has 3 nitrogen and oxygen atoms in total. The Morgan fingerprint density at radius 2 is 1.37 bits per heavy atom. The summed E-state index contributed by atoms with van der Waals surface area (Å²) < 4.78 is 7.86. The van der Waals surface area contributed by atoms with Gasteiger partial charge in [0.25, 0.3) is 8.32 Å². The standard InChI is InChI=1S/C39H46O3Si/c1-27-25-36(41)28(2)33-20-19-32-34-21-22-37(38(34,3)24-23-35(32)39(27,33)26-40)42-43(29-13-7-4-8-14-29,30-15-9-5-10-16-30)31-17-11-6-12-18-31/h4-18,27,32,34-35,37,40H,19-26H2,1-3H3/t27?,32-,34-,35+,37?,38-,39-/m0/s1. The summed E-state index contributed by atoms with van der Waals surface area (Å²) in [5.74, 6) is 2.07. The van der Waals surface area contributed by atoms with Crippen molar-refractivity contribution >= 4 is 29.7 Å². The quantitative estimate of drug-likeness (QED) is 0.276. The number of aliphatic hydroxyl groups excluding tert-OH is 1. The summed E-state index contributed by atoms with van der Waals surface area (Å²) in [4.78, 5) is 12.9. The molecule has 0 aliphatic heterocycles. The van der Waals surface area contributed by atoms with Crippen molar-refractivity contribution in [3.05, 3.63) is 102 Å². The lowest BCUT2D eigenvalue weighted by Gasteiger charge is -2.61. The summed E-state index contributed by atoms with van der Waals surface area (Å²) in [6, 6.07) is 33.0. The van der Waals surface area contributed by atoms with Gasteiger partial charge in [0, 0.05) is 11.8 Å². The van der Waals surface area contributed by atoms with Crippen molar-refractivity contribution in [3.63, 3.8) is 0 Å². The molecule has 3 aromatic carbocycles. The Hall–Kier alpha value is -2.79. The van der Waals surface area contributed by atoms with Gasteiger partial charge in [-0.2, -0.15) is 0 Å². The Kier molecular flexibility index (Phi) is 7.39. The van der Waals surface area contributed by atoms with Crippen molar-refractivity contribution in [2.24, 2.45) is 34.5 Å². The smallest absolute Gasteiger partial charge is 0.288 e. The molecule has 0 radical (unpaired) electrons. The van der Waals surface area contributed by atoms with Gasteiger partial charge < -0.3 is 9.53 Å². The van der Waals surface area contributed by atoms with Crippen LogP contribution >= 0.6 is 0 Å². The highest BCUT2D eigenvalue weighted by atomic mass is 28.4. The first-order valence-corrected chi connectivity index (χ1v) is 18.5. The Labute approximate surface area is 258 Å². The van der Waals surface area contributed by atoms with Gasteiger partial charge in [0.1, 0.15) is 0 Å². The van der Waals surface area contributed by atoms with Crippen LogP contribution in [0.3, 0.4) is 0 Å². The van der Waals surface area contributed by atoms with Gasteiger partial charge in [-0.1, -0.05) is 110 Å². The molecular formula is C39H46O3Si. The van der Waals surface area contributed by atoms with Crippen LogP contribution in [0.4, 0.5) is 0 Å². The molecule has 43 heavy (non-hydrogen) atoms. The fraction of sp³-hybridized carbons (Fsp3) is 0.462. The van der Waals surface area contributed by atoms with Gasteiger partial charge in [-0.05, 0) is 95.7 Å². The highest BCUT2D eigenvalue weighted by molar-refractivity contribution is 7.07. The number of rotatable bonds is 6. The molecule has 3 aromatic rings. The van der Waals surface area contributed by atoms with E-state index in [-0.39, 0.29) is 29.5 Å². The summed E-state index contributed by atoms with van der Waals surface area (Å²) in [6.45, 7) is 6.96. The second-order valence-corrected chi connectivity index (χ2v) is 17.6.